The molecule has 1 aromatic rings. The van der Waals surface area contributed by atoms with Crippen LogP contribution in [0.3, 0.4) is 0 Å². The number of likely N-dealkylation sites (tertiary alicyclic amines) is 2. The molecule has 2 atom stereocenters. The SMILES string of the molecule is CC1CC(C)CN(C(=O)c2ccccc2NC(=O)C2CCN(C(=O)OC(C)(C)C)CC2)C1. The Balaban J connectivity index is 1.61. The number of nitrogens with zero attached hydrogens (tertiary/aromatic N) is 2. The Labute approximate surface area is 191 Å². The molecule has 2 aliphatic rings. The van der Waals surface area contributed by atoms with Gasteiger partial charge in [0.15, 0.2) is 0 Å². The van der Waals surface area contributed by atoms with Gasteiger partial charge in [0.2, 0.25) is 5.91 Å². The zero-order valence-electron chi connectivity index (χ0n) is 20.0. The van der Waals surface area contributed by atoms with Crippen molar-refractivity contribution in [1.29, 1.82) is 0 Å². The van der Waals surface area contributed by atoms with Crippen LogP contribution in [0.15, 0.2) is 24.3 Å². The predicted molar refractivity (Wildman–Crippen MR) is 124 cm³/mol. The molecule has 0 spiro atoms. The minimum Gasteiger partial charge on any atom is -0.444 e. The van der Waals surface area contributed by atoms with Gasteiger partial charge in [-0.3, -0.25) is 9.59 Å². The molecule has 2 unspecified atom stereocenters. The van der Waals surface area contributed by atoms with Gasteiger partial charge in [0.1, 0.15) is 5.60 Å². The van der Waals surface area contributed by atoms with Gasteiger partial charge in [0.25, 0.3) is 5.91 Å². The lowest BCUT2D eigenvalue weighted by atomic mass is 9.91. The quantitative estimate of drug-likeness (QED) is 0.751. The van der Waals surface area contributed by atoms with E-state index >= 15 is 0 Å². The van der Waals surface area contributed by atoms with Gasteiger partial charge in [-0.1, -0.05) is 26.0 Å². The average Bonchev–Trinajstić information content (AvgIpc) is 2.72. The highest BCUT2D eigenvalue weighted by atomic mass is 16.6. The summed E-state index contributed by atoms with van der Waals surface area (Å²) in [6.45, 7) is 12.3. The Morgan fingerprint density at radius 1 is 0.969 bits per heavy atom. The van der Waals surface area contributed by atoms with E-state index in [1.54, 1.807) is 17.0 Å². The number of benzene rings is 1. The average molecular weight is 444 g/mol. The molecule has 0 aromatic heterocycles. The van der Waals surface area contributed by atoms with E-state index in [2.05, 4.69) is 19.2 Å². The first-order valence-electron chi connectivity index (χ1n) is 11.7. The summed E-state index contributed by atoms with van der Waals surface area (Å²) in [5.41, 5.74) is 0.558. The fraction of sp³-hybridized carbons (Fsp3) is 0.640. The van der Waals surface area contributed by atoms with E-state index < -0.39 is 5.60 Å². The van der Waals surface area contributed by atoms with Gasteiger partial charge >= 0.3 is 6.09 Å². The number of amides is 3. The molecule has 2 saturated heterocycles. The number of anilines is 1. The van der Waals surface area contributed by atoms with Gasteiger partial charge < -0.3 is 19.9 Å². The van der Waals surface area contributed by atoms with Crippen molar-refractivity contribution in [3.8, 4) is 0 Å². The number of ether oxygens (including phenoxy) is 1. The third-order valence-electron chi connectivity index (χ3n) is 6.09. The van der Waals surface area contributed by atoms with E-state index in [9.17, 15) is 14.4 Å². The van der Waals surface area contributed by atoms with Crippen LogP contribution in [0.4, 0.5) is 10.5 Å². The van der Waals surface area contributed by atoms with Crippen LogP contribution in [0.25, 0.3) is 0 Å². The summed E-state index contributed by atoms with van der Waals surface area (Å²) in [5.74, 6) is 0.611. The Morgan fingerprint density at radius 2 is 1.56 bits per heavy atom. The topological polar surface area (TPSA) is 79.0 Å². The third kappa shape index (κ3) is 6.24. The number of nitrogens with one attached hydrogen (secondary N) is 1. The largest absolute Gasteiger partial charge is 0.444 e. The minimum atomic E-state index is -0.536. The normalized spacial score (nSPS) is 22.4. The molecule has 3 amide bonds. The van der Waals surface area contributed by atoms with E-state index in [1.807, 2.05) is 37.8 Å². The highest BCUT2D eigenvalue weighted by Gasteiger charge is 2.31. The number of carbonyl (C=O) groups is 3. The molecule has 2 aliphatic heterocycles. The van der Waals surface area contributed by atoms with Crippen LogP contribution in [0.2, 0.25) is 0 Å². The van der Waals surface area contributed by atoms with Crippen LogP contribution in [0.5, 0.6) is 0 Å². The second-order valence-corrected chi connectivity index (χ2v) is 10.4. The molecule has 1 aromatic carbocycles. The summed E-state index contributed by atoms with van der Waals surface area (Å²) < 4.78 is 5.43. The summed E-state index contributed by atoms with van der Waals surface area (Å²) >= 11 is 0. The number of rotatable bonds is 3. The van der Waals surface area contributed by atoms with Crippen molar-refractivity contribution in [2.45, 2.75) is 59.5 Å². The standard InChI is InChI=1S/C25H37N3O4/c1-17-14-18(2)16-28(15-17)23(30)20-8-6-7-9-21(20)26-22(29)19-10-12-27(13-11-19)24(31)32-25(3,4)5/h6-9,17-19H,10-16H2,1-5H3,(H,26,29). The Bertz CT molecular complexity index is 830. The summed E-state index contributed by atoms with van der Waals surface area (Å²) in [4.78, 5) is 42.0. The van der Waals surface area contributed by atoms with Crippen molar-refractivity contribution in [1.82, 2.24) is 9.80 Å². The maximum atomic E-state index is 13.2. The van der Waals surface area contributed by atoms with Gasteiger partial charge in [0.05, 0.1) is 11.3 Å². The van der Waals surface area contributed by atoms with Crippen molar-refractivity contribution in [3.05, 3.63) is 29.8 Å². The van der Waals surface area contributed by atoms with Gasteiger partial charge in [-0.05, 0) is 64.0 Å². The highest BCUT2D eigenvalue weighted by Crippen LogP contribution is 2.26. The molecule has 7 nitrogen and oxygen atoms in total. The Morgan fingerprint density at radius 3 is 2.16 bits per heavy atom. The smallest absolute Gasteiger partial charge is 0.410 e. The first-order chi connectivity index (χ1) is 15.0. The van der Waals surface area contributed by atoms with Gasteiger partial charge in [-0.15, -0.1) is 0 Å². The molecule has 176 valence electrons. The van der Waals surface area contributed by atoms with E-state index in [-0.39, 0.29) is 23.8 Å². The van der Waals surface area contributed by atoms with E-state index in [0.29, 0.717) is 49.0 Å². The van der Waals surface area contributed by atoms with Crippen LogP contribution in [-0.2, 0) is 9.53 Å². The Hall–Kier alpha value is -2.57. The molecule has 0 radical (unpaired) electrons. The van der Waals surface area contributed by atoms with Crippen molar-refractivity contribution in [2.24, 2.45) is 17.8 Å². The molecule has 0 saturated carbocycles. The van der Waals surface area contributed by atoms with Crippen molar-refractivity contribution in [2.75, 3.05) is 31.5 Å². The second-order valence-electron chi connectivity index (χ2n) is 10.4. The molecular weight excluding hydrogens is 406 g/mol. The van der Waals surface area contributed by atoms with E-state index in [1.165, 1.54) is 0 Å². The molecule has 0 aliphatic carbocycles. The van der Waals surface area contributed by atoms with Crippen LogP contribution >= 0.6 is 0 Å². The van der Waals surface area contributed by atoms with E-state index in [0.717, 1.165) is 19.5 Å². The summed E-state index contributed by atoms with van der Waals surface area (Å²) in [7, 11) is 0. The van der Waals surface area contributed by atoms with Gasteiger partial charge in [0, 0.05) is 32.1 Å². The van der Waals surface area contributed by atoms with Gasteiger partial charge in [-0.2, -0.15) is 0 Å². The molecule has 7 heteroatoms. The summed E-state index contributed by atoms with van der Waals surface area (Å²) in [5, 5.41) is 2.98. The van der Waals surface area contributed by atoms with Crippen molar-refractivity contribution >= 4 is 23.6 Å². The number of para-hydroxylation sites is 1. The fourth-order valence-corrected chi connectivity index (χ4v) is 4.66. The zero-order chi connectivity index (χ0) is 23.5. The Kier molecular flexibility index (Phi) is 7.47. The van der Waals surface area contributed by atoms with E-state index in [4.69, 9.17) is 4.74 Å². The predicted octanol–water partition coefficient (Wildman–Crippen LogP) is 4.39. The number of carbonyl (C=O) groups excluding carboxylic acids is 3. The first-order valence-corrected chi connectivity index (χ1v) is 11.7. The summed E-state index contributed by atoms with van der Waals surface area (Å²) in [6.07, 6.45) is 1.94. The number of piperidine rings is 2. The van der Waals surface area contributed by atoms with Crippen molar-refractivity contribution in [3.63, 3.8) is 0 Å². The maximum Gasteiger partial charge on any atom is 0.410 e. The monoisotopic (exact) mass is 443 g/mol. The lowest BCUT2D eigenvalue weighted by molar-refractivity contribution is -0.121. The fourth-order valence-electron chi connectivity index (χ4n) is 4.66. The summed E-state index contributed by atoms with van der Waals surface area (Å²) in [6, 6.07) is 7.24. The van der Waals surface area contributed by atoms with Gasteiger partial charge in [-0.25, -0.2) is 4.79 Å². The van der Waals surface area contributed by atoms with Crippen LogP contribution in [0.1, 0.15) is 64.2 Å². The van der Waals surface area contributed by atoms with Crippen LogP contribution in [-0.4, -0.2) is 59.5 Å². The zero-order valence-corrected chi connectivity index (χ0v) is 20.0. The third-order valence-corrected chi connectivity index (χ3v) is 6.09. The molecule has 0 bridgehead atoms. The minimum absolute atomic E-state index is 0.0287. The van der Waals surface area contributed by atoms with Crippen molar-refractivity contribution < 1.29 is 19.1 Å². The molecule has 1 N–H and O–H groups in total. The number of hydrogen-bond acceptors (Lipinski definition) is 4. The second kappa shape index (κ2) is 9.92. The molecule has 3 rings (SSSR count). The molecule has 2 fully saturated rings. The van der Waals surface area contributed by atoms with Crippen LogP contribution in [0, 0.1) is 17.8 Å². The number of hydrogen-bond donors (Lipinski definition) is 1. The molecular formula is C25H37N3O4. The van der Waals surface area contributed by atoms with Crippen LogP contribution < -0.4 is 5.32 Å². The molecule has 32 heavy (non-hydrogen) atoms. The lowest BCUT2D eigenvalue weighted by Crippen LogP contribution is -2.44. The molecule has 2 heterocycles. The highest BCUT2D eigenvalue weighted by molar-refractivity contribution is 6.04. The first kappa shape index (κ1) is 24.1. The lowest BCUT2D eigenvalue weighted by Gasteiger charge is -2.35. The maximum absolute atomic E-state index is 13.2.